The number of hydrogen-bond donors (Lipinski definition) is 0. The number of rotatable bonds is 5. The van der Waals surface area contributed by atoms with Crippen LogP contribution in [-0.2, 0) is 17.1 Å². The zero-order valence-electron chi connectivity index (χ0n) is 11.6. The van der Waals surface area contributed by atoms with E-state index in [0.29, 0.717) is 18.6 Å². The van der Waals surface area contributed by atoms with E-state index in [-0.39, 0.29) is 12.7 Å². The molecule has 1 aromatic carbocycles. The Balaban J connectivity index is 3.06. The van der Waals surface area contributed by atoms with Gasteiger partial charge in [-0.25, -0.2) is 4.79 Å². The van der Waals surface area contributed by atoms with E-state index < -0.39 is 35.0 Å². The lowest BCUT2D eigenvalue weighted by molar-refractivity contribution is -0.143. The van der Waals surface area contributed by atoms with E-state index in [1.807, 2.05) is 6.92 Å². The van der Waals surface area contributed by atoms with Crippen molar-refractivity contribution < 1.29 is 35.9 Å². The van der Waals surface area contributed by atoms with E-state index in [9.17, 15) is 31.1 Å². The topological polar surface area (TPSA) is 26.3 Å². The molecule has 0 aromatic heterocycles. The van der Waals surface area contributed by atoms with Crippen LogP contribution >= 0.6 is 0 Å². The van der Waals surface area contributed by atoms with Gasteiger partial charge >= 0.3 is 18.3 Å². The summed E-state index contributed by atoms with van der Waals surface area (Å²) in [5.41, 5.74) is -4.04. The van der Waals surface area contributed by atoms with Gasteiger partial charge in [-0.1, -0.05) is 19.8 Å². The molecule has 2 nitrogen and oxygen atoms in total. The van der Waals surface area contributed by atoms with Crippen molar-refractivity contribution >= 4 is 5.97 Å². The molecular formula is C14H14F6O2. The van der Waals surface area contributed by atoms with Crippen molar-refractivity contribution in [3.05, 3.63) is 34.9 Å². The van der Waals surface area contributed by atoms with E-state index in [4.69, 9.17) is 0 Å². The van der Waals surface area contributed by atoms with Crippen molar-refractivity contribution in [2.75, 3.05) is 6.61 Å². The minimum Gasteiger partial charge on any atom is -0.462 e. The fourth-order valence-corrected chi connectivity index (χ4v) is 1.73. The van der Waals surface area contributed by atoms with Crippen molar-refractivity contribution in [1.82, 2.24) is 0 Å². The Morgan fingerprint density at radius 3 is 2.18 bits per heavy atom. The van der Waals surface area contributed by atoms with Gasteiger partial charge in [0.15, 0.2) is 0 Å². The lowest BCUT2D eigenvalue weighted by Gasteiger charge is -2.15. The van der Waals surface area contributed by atoms with Crippen LogP contribution in [0.5, 0.6) is 0 Å². The van der Waals surface area contributed by atoms with E-state index in [1.54, 1.807) is 0 Å². The molecule has 0 fully saturated rings. The molecule has 0 saturated carbocycles. The third-order valence-electron chi connectivity index (χ3n) is 2.85. The molecule has 0 heterocycles. The molecular weight excluding hydrogens is 314 g/mol. The highest BCUT2D eigenvalue weighted by Crippen LogP contribution is 2.37. The van der Waals surface area contributed by atoms with Crippen LogP contribution in [0, 0.1) is 0 Å². The SMILES string of the molecule is CCCCCOC(=O)c1ccc(C(F)(F)F)cc1C(F)(F)F. The summed E-state index contributed by atoms with van der Waals surface area (Å²) in [6.07, 6.45) is -7.98. The lowest BCUT2D eigenvalue weighted by atomic mass is 10.0. The van der Waals surface area contributed by atoms with Crippen LogP contribution < -0.4 is 0 Å². The molecule has 1 aromatic rings. The first kappa shape index (κ1) is 18.3. The number of benzene rings is 1. The number of esters is 1. The maximum atomic E-state index is 12.8. The molecule has 22 heavy (non-hydrogen) atoms. The fourth-order valence-electron chi connectivity index (χ4n) is 1.73. The van der Waals surface area contributed by atoms with Crippen molar-refractivity contribution in [3.8, 4) is 0 Å². The average Bonchev–Trinajstić information content (AvgIpc) is 2.40. The van der Waals surface area contributed by atoms with Crippen LogP contribution in [0.3, 0.4) is 0 Å². The van der Waals surface area contributed by atoms with Gasteiger partial charge in [-0.3, -0.25) is 0 Å². The van der Waals surface area contributed by atoms with Crippen molar-refractivity contribution in [3.63, 3.8) is 0 Å². The summed E-state index contributed by atoms with van der Waals surface area (Å²) in [4.78, 5) is 11.6. The molecule has 1 rings (SSSR count). The summed E-state index contributed by atoms with van der Waals surface area (Å²) < 4.78 is 80.7. The number of carbonyl (C=O) groups excluding carboxylic acids is 1. The molecule has 0 N–H and O–H groups in total. The van der Waals surface area contributed by atoms with E-state index in [1.165, 1.54) is 0 Å². The van der Waals surface area contributed by atoms with Gasteiger partial charge in [-0.15, -0.1) is 0 Å². The minimum absolute atomic E-state index is 0.0784. The molecule has 0 saturated heterocycles. The highest BCUT2D eigenvalue weighted by atomic mass is 19.4. The molecule has 0 aliphatic rings. The van der Waals surface area contributed by atoms with E-state index in [0.717, 1.165) is 12.8 Å². The molecule has 124 valence electrons. The predicted octanol–water partition coefficient (Wildman–Crippen LogP) is 5.07. The Kier molecular flexibility index (Phi) is 5.85. The first-order valence-electron chi connectivity index (χ1n) is 6.53. The number of carbonyl (C=O) groups is 1. The van der Waals surface area contributed by atoms with Crippen LogP contribution in [0.15, 0.2) is 18.2 Å². The summed E-state index contributed by atoms with van der Waals surface area (Å²) >= 11 is 0. The Labute approximate surface area is 123 Å². The fraction of sp³-hybridized carbons (Fsp3) is 0.500. The second-order valence-electron chi connectivity index (χ2n) is 4.60. The minimum atomic E-state index is -5.08. The number of hydrogen-bond acceptors (Lipinski definition) is 2. The summed E-state index contributed by atoms with van der Waals surface area (Å²) in [6.45, 7) is 1.81. The normalized spacial score (nSPS) is 12.3. The highest BCUT2D eigenvalue weighted by molar-refractivity contribution is 5.91. The second-order valence-corrected chi connectivity index (χ2v) is 4.60. The molecule has 0 aliphatic carbocycles. The van der Waals surface area contributed by atoms with Gasteiger partial charge in [0.1, 0.15) is 0 Å². The number of unbranched alkanes of at least 4 members (excludes halogenated alkanes) is 2. The van der Waals surface area contributed by atoms with Crippen LogP contribution in [0.25, 0.3) is 0 Å². The first-order valence-corrected chi connectivity index (χ1v) is 6.53. The van der Waals surface area contributed by atoms with Gasteiger partial charge in [0, 0.05) is 0 Å². The molecule has 8 heteroatoms. The summed E-state index contributed by atoms with van der Waals surface area (Å²) in [5, 5.41) is 0. The third-order valence-corrected chi connectivity index (χ3v) is 2.85. The van der Waals surface area contributed by atoms with Crippen molar-refractivity contribution in [2.24, 2.45) is 0 Å². The molecule has 0 amide bonds. The van der Waals surface area contributed by atoms with E-state index in [2.05, 4.69) is 4.74 Å². The highest BCUT2D eigenvalue weighted by Gasteiger charge is 2.39. The smallest absolute Gasteiger partial charge is 0.417 e. The molecule has 0 aliphatic heterocycles. The van der Waals surface area contributed by atoms with E-state index >= 15 is 0 Å². The van der Waals surface area contributed by atoms with Crippen LogP contribution in [0.2, 0.25) is 0 Å². The molecule has 0 unspecified atom stereocenters. The largest absolute Gasteiger partial charge is 0.462 e. The zero-order chi connectivity index (χ0) is 17.0. The summed E-state index contributed by atoms with van der Waals surface area (Å²) in [7, 11) is 0. The first-order chi connectivity index (χ1) is 10.1. The van der Waals surface area contributed by atoms with Gasteiger partial charge in [0.05, 0.1) is 23.3 Å². The van der Waals surface area contributed by atoms with Crippen LogP contribution in [-0.4, -0.2) is 12.6 Å². The van der Waals surface area contributed by atoms with Crippen molar-refractivity contribution in [2.45, 2.75) is 38.5 Å². The molecule has 0 atom stereocenters. The van der Waals surface area contributed by atoms with Gasteiger partial charge in [-0.05, 0) is 24.6 Å². The van der Waals surface area contributed by atoms with Crippen LogP contribution in [0.1, 0.15) is 47.7 Å². The lowest BCUT2D eigenvalue weighted by Crippen LogP contribution is -2.17. The average molecular weight is 328 g/mol. The maximum absolute atomic E-state index is 12.8. The Bertz CT molecular complexity index is 519. The second kappa shape index (κ2) is 7.02. The predicted molar refractivity (Wildman–Crippen MR) is 66.3 cm³/mol. The standard InChI is InChI=1S/C14H14F6O2/c1-2-3-4-7-22-12(21)10-6-5-9(13(15,16)17)8-11(10)14(18,19)20/h5-6,8H,2-4,7H2,1H3. The number of alkyl halides is 6. The quantitative estimate of drug-likeness (QED) is 0.428. The van der Waals surface area contributed by atoms with Gasteiger partial charge in [-0.2, -0.15) is 26.3 Å². The zero-order valence-corrected chi connectivity index (χ0v) is 11.6. The molecule has 0 spiro atoms. The molecule has 0 radical (unpaired) electrons. The summed E-state index contributed by atoms with van der Waals surface area (Å²) in [5.74, 6) is -1.28. The van der Waals surface area contributed by atoms with Gasteiger partial charge < -0.3 is 4.74 Å². The van der Waals surface area contributed by atoms with Gasteiger partial charge in [0.25, 0.3) is 0 Å². The van der Waals surface area contributed by atoms with Gasteiger partial charge in [0.2, 0.25) is 0 Å². The summed E-state index contributed by atoms with van der Waals surface area (Å²) in [6, 6.07) is 0.842. The number of ether oxygens (including phenoxy) is 1. The van der Waals surface area contributed by atoms with Crippen molar-refractivity contribution in [1.29, 1.82) is 0 Å². The number of halogens is 6. The Morgan fingerprint density at radius 1 is 1.05 bits per heavy atom. The molecule has 0 bridgehead atoms. The maximum Gasteiger partial charge on any atom is 0.417 e. The third kappa shape index (κ3) is 4.92. The monoisotopic (exact) mass is 328 g/mol. The Hall–Kier alpha value is -1.73. The Morgan fingerprint density at radius 2 is 1.68 bits per heavy atom. The van der Waals surface area contributed by atoms with Crippen LogP contribution in [0.4, 0.5) is 26.3 Å².